The molecule has 4 aliphatic rings. The maximum Gasteiger partial charge on any atom is 0.331 e. The second kappa shape index (κ2) is 10.3. The molecule has 214 valence electrons. The number of ether oxygens (including phenoxy) is 2. The first-order valence-electron chi connectivity index (χ1n) is 14.6. The zero-order valence-electron chi connectivity index (χ0n) is 23.6. The molecule has 4 fully saturated rings. The standard InChI is InChI=1S/C32H44O7/c1-19(33)24-15-17-32(37)25-12-11-22-18-23(35)14-16-30(22,3)27(25)28(29(31(24,32)4)38-20(2)34)39-26(36)13-10-21-8-6-5-7-9-21/h5-10,13,19,22-25,27-29,33,35,37H,11-12,14-18H2,1-4H3. The lowest BCUT2D eigenvalue weighted by atomic mass is 9.41. The van der Waals surface area contributed by atoms with E-state index in [2.05, 4.69) is 6.92 Å². The quantitative estimate of drug-likeness (QED) is 0.377. The third-order valence-electron chi connectivity index (χ3n) is 11.3. The minimum absolute atomic E-state index is 0.189. The van der Waals surface area contributed by atoms with Gasteiger partial charge in [-0.1, -0.05) is 44.2 Å². The van der Waals surface area contributed by atoms with Gasteiger partial charge in [-0.3, -0.25) is 4.79 Å². The van der Waals surface area contributed by atoms with Crippen LogP contribution in [-0.2, 0) is 19.1 Å². The molecule has 0 saturated heterocycles. The second-order valence-corrected chi connectivity index (χ2v) is 13.1. The molecule has 0 radical (unpaired) electrons. The van der Waals surface area contributed by atoms with Gasteiger partial charge in [0.2, 0.25) is 0 Å². The van der Waals surface area contributed by atoms with Crippen molar-refractivity contribution in [2.24, 2.45) is 34.5 Å². The SMILES string of the molecule is CC(=O)OC1C(OC(=O)C=Cc2ccccc2)C2C(CCC3CC(O)CCC32C)C2(O)CCC(C(C)O)C12C. The molecule has 7 nitrogen and oxygen atoms in total. The van der Waals surface area contributed by atoms with E-state index in [0.717, 1.165) is 24.8 Å². The molecule has 5 rings (SSSR count). The average molecular weight is 541 g/mol. The van der Waals surface area contributed by atoms with Gasteiger partial charge in [-0.2, -0.15) is 0 Å². The zero-order valence-corrected chi connectivity index (χ0v) is 23.6. The molecule has 0 amide bonds. The third kappa shape index (κ3) is 4.54. The summed E-state index contributed by atoms with van der Waals surface area (Å²) in [6.45, 7) is 7.19. The highest BCUT2D eigenvalue weighted by Crippen LogP contribution is 2.70. The molecule has 0 heterocycles. The van der Waals surface area contributed by atoms with Gasteiger partial charge in [0.15, 0.2) is 0 Å². The first kappa shape index (κ1) is 28.3. The van der Waals surface area contributed by atoms with Crippen LogP contribution < -0.4 is 0 Å². The fourth-order valence-electron chi connectivity index (χ4n) is 9.43. The van der Waals surface area contributed by atoms with Crippen molar-refractivity contribution < 1.29 is 34.4 Å². The number of fused-ring (bicyclic) bond motifs is 5. The number of aliphatic hydroxyl groups excluding tert-OH is 2. The van der Waals surface area contributed by atoms with Crippen molar-refractivity contribution in [1.82, 2.24) is 0 Å². The molecule has 7 heteroatoms. The van der Waals surface area contributed by atoms with Crippen LogP contribution in [0.1, 0.15) is 78.2 Å². The summed E-state index contributed by atoms with van der Waals surface area (Å²) in [7, 11) is 0. The molecule has 11 atom stereocenters. The smallest absolute Gasteiger partial charge is 0.331 e. The molecule has 4 aliphatic carbocycles. The number of hydrogen-bond donors (Lipinski definition) is 3. The topological polar surface area (TPSA) is 113 Å². The van der Waals surface area contributed by atoms with Crippen LogP contribution in [0.3, 0.4) is 0 Å². The molecular formula is C32H44O7. The summed E-state index contributed by atoms with van der Waals surface area (Å²) >= 11 is 0. The van der Waals surface area contributed by atoms with E-state index in [1.54, 1.807) is 13.0 Å². The summed E-state index contributed by atoms with van der Waals surface area (Å²) in [6.07, 6.45) is 5.09. The monoisotopic (exact) mass is 540 g/mol. The Morgan fingerprint density at radius 3 is 2.44 bits per heavy atom. The van der Waals surface area contributed by atoms with Crippen LogP contribution in [0.25, 0.3) is 6.08 Å². The van der Waals surface area contributed by atoms with E-state index in [1.807, 2.05) is 37.3 Å². The molecule has 0 bridgehead atoms. The Hall–Kier alpha value is -2.22. The van der Waals surface area contributed by atoms with E-state index >= 15 is 0 Å². The summed E-state index contributed by atoms with van der Waals surface area (Å²) in [5, 5.41) is 34.0. The van der Waals surface area contributed by atoms with Gasteiger partial charge in [0.1, 0.15) is 12.2 Å². The van der Waals surface area contributed by atoms with Gasteiger partial charge in [0, 0.05) is 24.3 Å². The Morgan fingerprint density at radius 2 is 1.77 bits per heavy atom. The summed E-state index contributed by atoms with van der Waals surface area (Å²) in [4.78, 5) is 26.0. The van der Waals surface area contributed by atoms with Crippen molar-refractivity contribution >= 4 is 18.0 Å². The fourth-order valence-corrected chi connectivity index (χ4v) is 9.43. The maximum absolute atomic E-state index is 13.4. The van der Waals surface area contributed by atoms with Gasteiger partial charge < -0.3 is 24.8 Å². The Bertz CT molecular complexity index is 1100. The Balaban J connectivity index is 1.60. The van der Waals surface area contributed by atoms with Crippen LogP contribution in [0.5, 0.6) is 0 Å². The zero-order chi connectivity index (χ0) is 28.2. The van der Waals surface area contributed by atoms with Gasteiger partial charge in [-0.25, -0.2) is 4.79 Å². The predicted molar refractivity (Wildman–Crippen MR) is 146 cm³/mol. The van der Waals surface area contributed by atoms with Crippen LogP contribution >= 0.6 is 0 Å². The molecule has 11 unspecified atom stereocenters. The fraction of sp³-hybridized carbons (Fsp3) is 0.688. The highest BCUT2D eigenvalue weighted by molar-refractivity contribution is 5.87. The van der Waals surface area contributed by atoms with E-state index < -0.39 is 41.3 Å². The number of rotatable bonds is 5. The van der Waals surface area contributed by atoms with Crippen molar-refractivity contribution in [2.75, 3.05) is 0 Å². The molecule has 39 heavy (non-hydrogen) atoms. The molecule has 0 aliphatic heterocycles. The third-order valence-corrected chi connectivity index (χ3v) is 11.3. The molecule has 0 spiro atoms. The lowest BCUT2D eigenvalue weighted by molar-refractivity contribution is -0.295. The molecule has 1 aromatic rings. The van der Waals surface area contributed by atoms with Gasteiger partial charge in [-0.05, 0) is 86.7 Å². The lowest BCUT2D eigenvalue weighted by Crippen LogP contribution is -2.73. The van der Waals surface area contributed by atoms with Crippen molar-refractivity contribution in [3.63, 3.8) is 0 Å². The number of hydrogen-bond acceptors (Lipinski definition) is 7. The van der Waals surface area contributed by atoms with Crippen LogP contribution in [0.2, 0.25) is 0 Å². The number of benzene rings is 1. The summed E-state index contributed by atoms with van der Waals surface area (Å²) < 4.78 is 12.4. The highest BCUT2D eigenvalue weighted by atomic mass is 16.6. The largest absolute Gasteiger partial charge is 0.458 e. The first-order chi connectivity index (χ1) is 18.4. The Kier molecular flexibility index (Phi) is 7.49. The first-order valence-corrected chi connectivity index (χ1v) is 14.6. The average Bonchev–Trinajstić information content (AvgIpc) is 3.17. The summed E-state index contributed by atoms with van der Waals surface area (Å²) in [5.74, 6) is -1.59. The number of carbonyl (C=O) groups excluding carboxylic acids is 2. The van der Waals surface area contributed by atoms with Crippen LogP contribution in [-0.4, -0.2) is 57.3 Å². The normalized spacial score (nSPS) is 44.1. The van der Waals surface area contributed by atoms with Gasteiger partial charge in [0.05, 0.1) is 17.8 Å². The number of carbonyl (C=O) groups is 2. The van der Waals surface area contributed by atoms with E-state index in [0.29, 0.717) is 25.7 Å². The van der Waals surface area contributed by atoms with Crippen LogP contribution in [0.4, 0.5) is 0 Å². The Labute approximate surface area is 231 Å². The second-order valence-electron chi connectivity index (χ2n) is 13.1. The van der Waals surface area contributed by atoms with Crippen LogP contribution in [0.15, 0.2) is 36.4 Å². The molecular weight excluding hydrogens is 496 g/mol. The summed E-state index contributed by atoms with van der Waals surface area (Å²) in [5.41, 5.74) is -1.63. The van der Waals surface area contributed by atoms with E-state index in [4.69, 9.17) is 9.47 Å². The van der Waals surface area contributed by atoms with Crippen molar-refractivity contribution in [1.29, 1.82) is 0 Å². The molecule has 0 aromatic heterocycles. The van der Waals surface area contributed by atoms with Crippen molar-refractivity contribution in [2.45, 2.75) is 103 Å². The lowest BCUT2D eigenvalue weighted by Gasteiger charge is -2.66. The Morgan fingerprint density at radius 1 is 1.05 bits per heavy atom. The number of aliphatic hydroxyl groups is 3. The van der Waals surface area contributed by atoms with Gasteiger partial charge in [-0.15, -0.1) is 0 Å². The van der Waals surface area contributed by atoms with Crippen molar-refractivity contribution in [3.05, 3.63) is 42.0 Å². The van der Waals surface area contributed by atoms with Crippen LogP contribution in [0, 0.1) is 34.5 Å². The van der Waals surface area contributed by atoms with E-state index in [9.17, 15) is 24.9 Å². The van der Waals surface area contributed by atoms with Crippen molar-refractivity contribution in [3.8, 4) is 0 Å². The maximum atomic E-state index is 13.4. The summed E-state index contributed by atoms with van der Waals surface area (Å²) in [6, 6.07) is 9.49. The molecule has 3 N–H and O–H groups in total. The number of esters is 2. The predicted octanol–water partition coefficient (Wildman–Crippen LogP) is 4.28. The van der Waals surface area contributed by atoms with Gasteiger partial charge in [0.25, 0.3) is 0 Å². The highest BCUT2D eigenvalue weighted by Gasteiger charge is 2.75. The van der Waals surface area contributed by atoms with E-state index in [-0.39, 0.29) is 35.2 Å². The van der Waals surface area contributed by atoms with E-state index in [1.165, 1.54) is 13.0 Å². The van der Waals surface area contributed by atoms with Gasteiger partial charge >= 0.3 is 11.9 Å². The molecule has 4 saturated carbocycles. The minimum atomic E-state index is -1.19. The molecule has 1 aromatic carbocycles. The minimum Gasteiger partial charge on any atom is -0.458 e.